The van der Waals surface area contributed by atoms with Crippen LogP contribution in [0.2, 0.25) is 0 Å². The maximum Gasteiger partial charge on any atom is 0.0188 e. The van der Waals surface area contributed by atoms with Crippen LogP contribution < -0.4 is 0 Å². The third kappa shape index (κ3) is 8.90. The molecule has 2 saturated carbocycles. The lowest BCUT2D eigenvalue weighted by Crippen LogP contribution is -2.49. The van der Waals surface area contributed by atoms with Crippen LogP contribution in [0.4, 0.5) is 0 Å². The predicted octanol–water partition coefficient (Wildman–Crippen LogP) is 12.2. The van der Waals surface area contributed by atoms with Crippen molar-refractivity contribution in [1.82, 2.24) is 0 Å². The molecule has 5 unspecified atom stereocenters. The predicted molar refractivity (Wildman–Crippen MR) is 176 cm³/mol. The first-order valence-electron chi connectivity index (χ1n) is 15.0. The highest BCUT2D eigenvalue weighted by molar-refractivity contribution is 7.99. The van der Waals surface area contributed by atoms with Crippen LogP contribution in [-0.2, 0) is 0 Å². The van der Waals surface area contributed by atoms with Crippen LogP contribution in [0.15, 0.2) is 90.9 Å². The van der Waals surface area contributed by atoms with Gasteiger partial charge in [0.2, 0.25) is 0 Å². The van der Waals surface area contributed by atoms with Crippen LogP contribution in [0, 0.1) is 35.5 Å². The third-order valence-electron chi connectivity index (χ3n) is 8.71. The minimum absolute atomic E-state index is 0.178. The van der Waals surface area contributed by atoms with E-state index in [4.69, 9.17) is 0 Å². The van der Waals surface area contributed by atoms with Crippen molar-refractivity contribution >= 4 is 11.8 Å². The summed E-state index contributed by atoms with van der Waals surface area (Å²) in [5, 5.41) is 0. The van der Waals surface area contributed by atoms with Crippen molar-refractivity contribution < 1.29 is 0 Å². The van der Waals surface area contributed by atoms with Gasteiger partial charge in [-0.3, -0.25) is 0 Å². The quantitative estimate of drug-likeness (QED) is 0.224. The molecule has 2 aliphatic carbocycles. The Morgan fingerprint density at radius 1 is 1.08 bits per heavy atom. The van der Waals surface area contributed by atoms with E-state index in [0.29, 0.717) is 5.41 Å². The summed E-state index contributed by atoms with van der Waals surface area (Å²) in [4.78, 5) is 1.36. The van der Waals surface area contributed by atoms with Crippen LogP contribution in [0.5, 0.6) is 0 Å². The average molecular weight is 535 g/mol. The van der Waals surface area contributed by atoms with Crippen molar-refractivity contribution in [3.8, 4) is 0 Å². The van der Waals surface area contributed by atoms with Crippen molar-refractivity contribution in [1.29, 1.82) is 0 Å². The first-order chi connectivity index (χ1) is 18.2. The summed E-state index contributed by atoms with van der Waals surface area (Å²) in [6.07, 6.45) is 19.4. The van der Waals surface area contributed by atoms with Crippen LogP contribution in [0.1, 0.15) is 98.5 Å². The fourth-order valence-electron chi connectivity index (χ4n) is 7.18. The molecule has 0 aliphatic heterocycles. The van der Waals surface area contributed by atoms with Gasteiger partial charge >= 0.3 is 0 Å². The molecule has 2 aliphatic rings. The standard InChI is InChI=1S/C32H46S.C3H8.C2H4/c1-8-11-26-15-18-28-29(12-9-2)31(6,21-19-30(28)32(26,7)20-10-3)22-25(5)23-33-27-16-13-24(4)14-17-27;1-3-2;1-2/h8,10-11,13-14,16-17,20,28-30H,1,5,9,12,15,18-19,21-23H2,2-4,6-7H3;3H2,1-2H3;1-2H2/b20-10-,26-11-;;. The van der Waals surface area contributed by atoms with Crippen LogP contribution in [0.25, 0.3) is 0 Å². The summed E-state index contributed by atoms with van der Waals surface area (Å²) in [7, 11) is 0. The van der Waals surface area contributed by atoms with Crippen molar-refractivity contribution in [2.45, 2.75) is 105 Å². The van der Waals surface area contributed by atoms with Gasteiger partial charge in [0.05, 0.1) is 0 Å². The van der Waals surface area contributed by atoms with E-state index >= 15 is 0 Å². The molecule has 1 aromatic rings. The van der Waals surface area contributed by atoms with Gasteiger partial charge < -0.3 is 0 Å². The second kappa shape index (κ2) is 17.1. The summed E-state index contributed by atoms with van der Waals surface area (Å²) >= 11 is 1.95. The Balaban J connectivity index is 0.00000135. The Labute approximate surface area is 241 Å². The zero-order chi connectivity index (χ0) is 28.8. The second-order valence-electron chi connectivity index (χ2n) is 11.8. The van der Waals surface area contributed by atoms with Gasteiger partial charge in [-0.1, -0.05) is 114 Å². The molecule has 212 valence electrons. The van der Waals surface area contributed by atoms with Gasteiger partial charge in [0.1, 0.15) is 0 Å². The Morgan fingerprint density at radius 2 is 1.71 bits per heavy atom. The number of thioether (sulfide) groups is 1. The molecule has 3 rings (SSSR count). The van der Waals surface area contributed by atoms with Crippen LogP contribution in [0.3, 0.4) is 0 Å². The lowest BCUT2D eigenvalue weighted by molar-refractivity contribution is -0.0376. The number of rotatable bonds is 9. The molecule has 38 heavy (non-hydrogen) atoms. The highest BCUT2D eigenvalue weighted by Gasteiger charge is 2.53. The number of aryl methyl sites for hydroxylation is 1. The van der Waals surface area contributed by atoms with Gasteiger partial charge in [0.15, 0.2) is 0 Å². The fourth-order valence-corrected chi connectivity index (χ4v) is 7.98. The van der Waals surface area contributed by atoms with E-state index < -0.39 is 0 Å². The Kier molecular flexibility index (Phi) is 15.4. The Hall–Kier alpha value is -1.73. The van der Waals surface area contributed by atoms with E-state index in [1.165, 1.54) is 67.4 Å². The SMILES string of the molecule is C=C.C=C/C=C1/CCC2C(CCC)C(C)(CC(=C)CSc3ccc(C)cc3)CCC2C1(C)/C=C\C.CCC. The molecule has 0 aromatic heterocycles. The minimum atomic E-state index is 0.178. The number of allylic oxidation sites excluding steroid dienone is 5. The Bertz CT molecular complexity index is 903. The molecule has 0 heterocycles. The van der Waals surface area contributed by atoms with Crippen LogP contribution in [-0.4, -0.2) is 5.75 Å². The normalized spacial score (nSPS) is 29.4. The molecule has 5 atom stereocenters. The van der Waals surface area contributed by atoms with Gasteiger partial charge in [0, 0.05) is 16.1 Å². The van der Waals surface area contributed by atoms with Gasteiger partial charge in [-0.05, 0) is 87.7 Å². The van der Waals surface area contributed by atoms with E-state index in [-0.39, 0.29) is 5.41 Å². The first-order valence-corrected chi connectivity index (χ1v) is 16.0. The minimum Gasteiger partial charge on any atom is -0.122 e. The molecule has 1 aromatic carbocycles. The van der Waals surface area contributed by atoms with E-state index in [2.05, 4.69) is 117 Å². The van der Waals surface area contributed by atoms with E-state index in [1.807, 2.05) is 17.8 Å². The summed E-state index contributed by atoms with van der Waals surface area (Å²) < 4.78 is 0. The molecule has 0 spiro atoms. The molecule has 0 bridgehead atoms. The first kappa shape index (κ1) is 34.3. The maximum absolute atomic E-state index is 4.57. The van der Waals surface area contributed by atoms with E-state index in [9.17, 15) is 0 Å². The molecule has 2 fully saturated rings. The molecule has 0 saturated heterocycles. The fraction of sp³-hybridized carbons (Fsp3) is 0.568. The zero-order valence-corrected chi connectivity index (χ0v) is 26.8. The summed E-state index contributed by atoms with van der Waals surface area (Å²) in [5.41, 5.74) is 4.89. The van der Waals surface area contributed by atoms with Crippen LogP contribution >= 0.6 is 11.8 Å². The number of fused-ring (bicyclic) bond motifs is 1. The molecule has 0 nitrogen and oxygen atoms in total. The molecule has 0 radical (unpaired) electrons. The van der Waals surface area contributed by atoms with E-state index in [1.54, 1.807) is 5.57 Å². The van der Waals surface area contributed by atoms with Crippen molar-refractivity contribution in [3.63, 3.8) is 0 Å². The van der Waals surface area contributed by atoms with Crippen molar-refractivity contribution in [2.75, 3.05) is 5.75 Å². The molecular weight excluding hydrogens is 476 g/mol. The van der Waals surface area contributed by atoms with Gasteiger partial charge in [-0.25, -0.2) is 0 Å². The third-order valence-corrected chi connectivity index (χ3v) is 9.87. The molecule has 0 amide bonds. The number of hydrogen-bond acceptors (Lipinski definition) is 1. The molecule has 0 N–H and O–H groups in total. The second-order valence-corrected chi connectivity index (χ2v) is 12.9. The topological polar surface area (TPSA) is 0 Å². The van der Waals surface area contributed by atoms with Gasteiger partial charge in [0.25, 0.3) is 0 Å². The van der Waals surface area contributed by atoms with Gasteiger partial charge in [-0.2, -0.15) is 0 Å². The molecule has 1 heteroatoms. The smallest absolute Gasteiger partial charge is 0.0188 e. The van der Waals surface area contributed by atoms with Crippen molar-refractivity contribution in [3.05, 3.63) is 91.6 Å². The monoisotopic (exact) mass is 534 g/mol. The van der Waals surface area contributed by atoms with Gasteiger partial charge in [-0.15, -0.1) is 24.9 Å². The zero-order valence-electron chi connectivity index (χ0n) is 26.0. The van der Waals surface area contributed by atoms with E-state index in [0.717, 1.165) is 23.5 Å². The lowest BCUT2D eigenvalue weighted by Gasteiger charge is -2.58. The maximum atomic E-state index is 4.57. The average Bonchev–Trinajstić information content (AvgIpc) is 2.89. The molecular formula is C37H58S. The largest absolute Gasteiger partial charge is 0.122 e. The number of hydrogen-bond donors (Lipinski definition) is 0. The highest BCUT2D eigenvalue weighted by Crippen LogP contribution is 2.62. The summed E-state index contributed by atoms with van der Waals surface area (Å²) in [6, 6.07) is 8.92. The number of benzene rings is 1. The Morgan fingerprint density at radius 3 is 2.26 bits per heavy atom. The van der Waals surface area contributed by atoms with Crippen molar-refractivity contribution in [2.24, 2.45) is 28.6 Å². The summed E-state index contributed by atoms with van der Waals surface area (Å²) in [5.74, 6) is 3.38. The highest BCUT2D eigenvalue weighted by atomic mass is 32.2. The summed E-state index contributed by atoms with van der Waals surface area (Å²) in [6.45, 7) is 30.6. The lowest BCUT2D eigenvalue weighted by atomic mass is 9.47.